The summed E-state index contributed by atoms with van der Waals surface area (Å²) in [6, 6.07) is 8.25. The van der Waals surface area contributed by atoms with Gasteiger partial charge >= 0.3 is 0 Å². The maximum Gasteiger partial charge on any atom is 0.120 e. The normalized spacial score (nSPS) is 13.6. The fourth-order valence-electron chi connectivity index (χ4n) is 1.61. The minimum atomic E-state index is -0.146. The zero-order valence-corrected chi connectivity index (χ0v) is 10.8. The highest BCUT2D eigenvalue weighted by atomic mass is 16.5. The Hall–Kier alpha value is -1.02. The van der Waals surface area contributed by atoms with Crippen molar-refractivity contribution in [3.05, 3.63) is 29.8 Å². The first kappa shape index (κ1) is 13.0. The Morgan fingerprint density at radius 2 is 1.75 bits per heavy atom. The molecule has 0 aromatic heterocycles. The summed E-state index contributed by atoms with van der Waals surface area (Å²) in [6.07, 6.45) is 2.14. The highest BCUT2D eigenvalue weighted by Crippen LogP contribution is 2.22. The SMILES string of the molecule is CCC[C@H](N)c1ccc(OC(C)(C)C)cc1. The lowest BCUT2D eigenvalue weighted by Crippen LogP contribution is -2.22. The van der Waals surface area contributed by atoms with E-state index < -0.39 is 0 Å². The van der Waals surface area contributed by atoms with Gasteiger partial charge < -0.3 is 10.5 Å². The van der Waals surface area contributed by atoms with Crippen molar-refractivity contribution < 1.29 is 4.74 Å². The molecule has 0 amide bonds. The van der Waals surface area contributed by atoms with Gasteiger partial charge in [-0.05, 0) is 44.9 Å². The molecule has 0 aliphatic carbocycles. The van der Waals surface area contributed by atoms with E-state index >= 15 is 0 Å². The summed E-state index contributed by atoms with van der Waals surface area (Å²) < 4.78 is 5.76. The molecule has 0 aliphatic rings. The van der Waals surface area contributed by atoms with Gasteiger partial charge in [0, 0.05) is 6.04 Å². The number of benzene rings is 1. The third kappa shape index (κ3) is 4.23. The van der Waals surface area contributed by atoms with Gasteiger partial charge in [-0.15, -0.1) is 0 Å². The molecular formula is C14H23NO. The Labute approximate surface area is 98.8 Å². The fraction of sp³-hybridized carbons (Fsp3) is 0.571. The second-order valence-corrected chi connectivity index (χ2v) is 5.18. The molecule has 2 nitrogen and oxygen atoms in total. The summed E-state index contributed by atoms with van der Waals surface area (Å²) in [5.41, 5.74) is 7.08. The first-order valence-electron chi connectivity index (χ1n) is 5.97. The van der Waals surface area contributed by atoms with Gasteiger partial charge in [0.25, 0.3) is 0 Å². The third-order valence-corrected chi connectivity index (χ3v) is 2.33. The molecule has 0 saturated heterocycles. The van der Waals surface area contributed by atoms with Crippen LogP contribution >= 0.6 is 0 Å². The Balaban J connectivity index is 2.68. The number of ether oxygens (including phenoxy) is 1. The molecule has 1 rings (SSSR count). The van der Waals surface area contributed by atoms with Crippen LogP contribution in [0.4, 0.5) is 0 Å². The number of rotatable bonds is 4. The highest BCUT2D eigenvalue weighted by Gasteiger charge is 2.12. The summed E-state index contributed by atoms with van der Waals surface area (Å²) in [5, 5.41) is 0. The molecule has 0 bridgehead atoms. The molecule has 90 valence electrons. The standard InChI is InChI=1S/C14H23NO/c1-5-6-13(15)11-7-9-12(10-8-11)16-14(2,3)4/h7-10,13H,5-6,15H2,1-4H3/t13-/m0/s1. The summed E-state index contributed by atoms with van der Waals surface area (Å²) in [6.45, 7) is 8.29. The van der Waals surface area contributed by atoms with E-state index in [0.717, 1.165) is 18.6 Å². The molecule has 0 aliphatic heterocycles. The van der Waals surface area contributed by atoms with Crippen LogP contribution in [-0.2, 0) is 0 Å². The van der Waals surface area contributed by atoms with E-state index in [1.165, 1.54) is 5.56 Å². The summed E-state index contributed by atoms with van der Waals surface area (Å²) in [4.78, 5) is 0. The van der Waals surface area contributed by atoms with Gasteiger partial charge in [-0.2, -0.15) is 0 Å². The monoisotopic (exact) mass is 221 g/mol. The molecule has 0 saturated carbocycles. The average molecular weight is 221 g/mol. The zero-order valence-electron chi connectivity index (χ0n) is 10.8. The van der Waals surface area contributed by atoms with Crippen molar-refractivity contribution in [2.75, 3.05) is 0 Å². The van der Waals surface area contributed by atoms with Crippen molar-refractivity contribution in [1.29, 1.82) is 0 Å². The first-order chi connectivity index (χ1) is 7.42. The van der Waals surface area contributed by atoms with E-state index in [1.807, 2.05) is 32.9 Å². The van der Waals surface area contributed by atoms with Crippen LogP contribution in [0, 0.1) is 0 Å². The van der Waals surface area contributed by atoms with Crippen molar-refractivity contribution in [2.45, 2.75) is 52.2 Å². The van der Waals surface area contributed by atoms with Gasteiger partial charge in [0.1, 0.15) is 11.4 Å². The lowest BCUT2D eigenvalue weighted by atomic mass is 10.0. The highest BCUT2D eigenvalue weighted by molar-refractivity contribution is 5.29. The predicted octanol–water partition coefficient (Wildman–Crippen LogP) is 3.66. The van der Waals surface area contributed by atoms with Gasteiger partial charge in [-0.25, -0.2) is 0 Å². The Morgan fingerprint density at radius 3 is 2.19 bits per heavy atom. The fourth-order valence-corrected chi connectivity index (χ4v) is 1.61. The van der Waals surface area contributed by atoms with Gasteiger partial charge in [0.05, 0.1) is 0 Å². The van der Waals surface area contributed by atoms with Crippen LogP contribution in [0.1, 0.15) is 52.1 Å². The molecule has 1 atom stereocenters. The van der Waals surface area contributed by atoms with E-state index in [2.05, 4.69) is 19.1 Å². The maximum absolute atomic E-state index is 6.04. The molecule has 0 radical (unpaired) electrons. The molecule has 0 heterocycles. The first-order valence-corrected chi connectivity index (χ1v) is 5.97. The third-order valence-electron chi connectivity index (χ3n) is 2.33. The van der Waals surface area contributed by atoms with Crippen molar-refractivity contribution in [1.82, 2.24) is 0 Å². The van der Waals surface area contributed by atoms with Crippen LogP contribution in [0.5, 0.6) is 5.75 Å². The van der Waals surface area contributed by atoms with Crippen molar-refractivity contribution in [3.63, 3.8) is 0 Å². The molecule has 0 fully saturated rings. The molecule has 0 spiro atoms. The molecule has 2 N–H and O–H groups in total. The van der Waals surface area contributed by atoms with Crippen molar-refractivity contribution in [2.24, 2.45) is 5.73 Å². The second kappa shape index (κ2) is 5.35. The van der Waals surface area contributed by atoms with E-state index in [-0.39, 0.29) is 11.6 Å². The topological polar surface area (TPSA) is 35.2 Å². The minimum absolute atomic E-state index is 0.146. The lowest BCUT2D eigenvalue weighted by Gasteiger charge is -2.21. The van der Waals surface area contributed by atoms with Gasteiger partial charge in [-0.1, -0.05) is 25.5 Å². The maximum atomic E-state index is 6.04. The molecular weight excluding hydrogens is 198 g/mol. The summed E-state index contributed by atoms with van der Waals surface area (Å²) in [7, 11) is 0. The quantitative estimate of drug-likeness (QED) is 0.842. The van der Waals surface area contributed by atoms with Crippen LogP contribution in [0.2, 0.25) is 0 Å². The Kier molecular flexibility index (Phi) is 4.36. The van der Waals surface area contributed by atoms with Gasteiger partial charge in [-0.3, -0.25) is 0 Å². The minimum Gasteiger partial charge on any atom is -0.488 e. The molecule has 16 heavy (non-hydrogen) atoms. The lowest BCUT2D eigenvalue weighted by molar-refractivity contribution is 0.131. The van der Waals surface area contributed by atoms with Gasteiger partial charge in [0.15, 0.2) is 0 Å². The molecule has 1 aromatic rings. The zero-order chi connectivity index (χ0) is 12.2. The smallest absolute Gasteiger partial charge is 0.120 e. The van der Waals surface area contributed by atoms with E-state index in [0.29, 0.717) is 0 Å². The predicted molar refractivity (Wildman–Crippen MR) is 68.7 cm³/mol. The van der Waals surface area contributed by atoms with E-state index in [4.69, 9.17) is 10.5 Å². The Bertz CT molecular complexity index is 311. The number of hydrogen-bond acceptors (Lipinski definition) is 2. The van der Waals surface area contributed by atoms with Crippen molar-refractivity contribution in [3.8, 4) is 5.75 Å². The molecule has 1 aromatic carbocycles. The van der Waals surface area contributed by atoms with E-state index in [9.17, 15) is 0 Å². The number of nitrogens with two attached hydrogens (primary N) is 1. The summed E-state index contributed by atoms with van der Waals surface area (Å²) >= 11 is 0. The number of hydrogen-bond donors (Lipinski definition) is 1. The average Bonchev–Trinajstić information content (AvgIpc) is 2.16. The van der Waals surface area contributed by atoms with Crippen LogP contribution in [0.25, 0.3) is 0 Å². The van der Waals surface area contributed by atoms with Crippen molar-refractivity contribution >= 4 is 0 Å². The Morgan fingerprint density at radius 1 is 1.19 bits per heavy atom. The molecule has 0 unspecified atom stereocenters. The van der Waals surface area contributed by atoms with Crippen LogP contribution in [0.15, 0.2) is 24.3 Å². The molecule has 2 heteroatoms. The summed E-state index contributed by atoms with van der Waals surface area (Å²) in [5.74, 6) is 0.903. The second-order valence-electron chi connectivity index (χ2n) is 5.18. The largest absolute Gasteiger partial charge is 0.488 e. The van der Waals surface area contributed by atoms with Crippen LogP contribution < -0.4 is 10.5 Å². The van der Waals surface area contributed by atoms with Crippen LogP contribution in [0.3, 0.4) is 0 Å². The van der Waals surface area contributed by atoms with Gasteiger partial charge in [0.2, 0.25) is 0 Å². The van der Waals surface area contributed by atoms with Crippen LogP contribution in [-0.4, -0.2) is 5.60 Å². The van der Waals surface area contributed by atoms with E-state index in [1.54, 1.807) is 0 Å².